The van der Waals surface area contributed by atoms with Gasteiger partial charge in [-0.1, -0.05) is 12.1 Å². The van der Waals surface area contributed by atoms with Gasteiger partial charge in [0, 0.05) is 25.4 Å². The van der Waals surface area contributed by atoms with Crippen molar-refractivity contribution >= 4 is 23.2 Å². The number of benzene rings is 2. The Balaban J connectivity index is 1.71. The number of carbonyl (C=O) groups is 2. The maximum Gasteiger partial charge on any atom is 0.257 e. The number of nitrogens with one attached hydrogen (secondary N) is 2. The summed E-state index contributed by atoms with van der Waals surface area (Å²) in [5.74, 6) is 0.592. The molecule has 8 heteroatoms. The first-order chi connectivity index (χ1) is 13.6. The molecular formula is C20H23N3O5. The highest BCUT2D eigenvalue weighted by atomic mass is 16.6. The van der Waals surface area contributed by atoms with Crippen LogP contribution >= 0.6 is 0 Å². The number of methoxy groups -OCH3 is 1. The quantitative estimate of drug-likeness (QED) is 0.672. The molecule has 0 saturated heterocycles. The lowest BCUT2D eigenvalue weighted by atomic mass is 10.1. The zero-order valence-electron chi connectivity index (χ0n) is 15.6. The van der Waals surface area contributed by atoms with E-state index in [1.807, 2.05) is 0 Å². The van der Waals surface area contributed by atoms with Crippen LogP contribution in [0.25, 0.3) is 0 Å². The van der Waals surface area contributed by atoms with Gasteiger partial charge < -0.3 is 30.6 Å². The van der Waals surface area contributed by atoms with Crippen LogP contribution in [-0.4, -0.2) is 44.8 Å². The maximum atomic E-state index is 12.7. The third kappa shape index (κ3) is 4.79. The summed E-state index contributed by atoms with van der Waals surface area (Å²) in [5, 5.41) is 5.56. The lowest BCUT2D eigenvalue weighted by molar-refractivity contribution is -0.118. The molecule has 3 rings (SSSR count). The molecule has 148 valence electrons. The Hall–Kier alpha value is -3.10. The molecule has 8 nitrogen and oxygen atoms in total. The van der Waals surface area contributed by atoms with Crippen molar-refractivity contribution in [3.63, 3.8) is 0 Å². The van der Waals surface area contributed by atoms with Gasteiger partial charge in [-0.15, -0.1) is 0 Å². The number of fused-ring (bicyclic) bond motifs is 1. The first kappa shape index (κ1) is 19.7. The molecule has 0 spiro atoms. The van der Waals surface area contributed by atoms with E-state index < -0.39 is 0 Å². The van der Waals surface area contributed by atoms with Crippen LogP contribution in [0.2, 0.25) is 0 Å². The first-order valence-corrected chi connectivity index (χ1v) is 8.93. The highest BCUT2D eigenvalue weighted by Gasteiger charge is 2.17. The molecule has 1 aliphatic rings. The van der Waals surface area contributed by atoms with Crippen LogP contribution in [-0.2, 0) is 9.53 Å². The highest BCUT2D eigenvalue weighted by molar-refractivity contribution is 6.10. The van der Waals surface area contributed by atoms with Gasteiger partial charge in [0.15, 0.2) is 11.5 Å². The molecule has 1 heterocycles. The molecule has 0 aliphatic carbocycles. The average Bonchev–Trinajstić information content (AvgIpc) is 2.72. The third-order valence-corrected chi connectivity index (χ3v) is 4.26. The summed E-state index contributed by atoms with van der Waals surface area (Å²) < 4.78 is 16.1. The number of nitrogens with two attached hydrogens (primary N) is 1. The molecule has 0 fully saturated rings. The molecule has 1 unspecified atom stereocenters. The van der Waals surface area contributed by atoms with Crippen molar-refractivity contribution in [2.45, 2.75) is 12.5 Å². The Morgan fingerprint density at radius 1 is 1.11 bits per heavy atom. The molecule has 0 saturated carbocycles. The number of anilines is 2. The second-order valence-corrected chi connectivity index (χ2v) is 6.20. The van der Waals surface area contributed by atoms with Crippen LogP contribution in [0.4, 0.5) is 11.4 Å². The summed E-state index contributed by atoms with van der Waals surface area (Å²) >= 11 is 0. The molecule has 1 aliphatic heterocycles. The number of para-hydroxylation sites is 1. The Labute approximate surface area is 163 Å². The fourth-order valence-corrected chi connectivity index (χ4v) is 2.78. The highest BCUT2D eigenvalue weighted by Crippen LogP contribution is 2.32. The minimum atomic E-state index is -0.376. The van der Waals surface area contributed by atoms with Crippen LogP contribution in [0.3, 0.4) is 0 Å². The summed E-state index contributed by atoms with van der Waals surface area (Å²) in [6.45, 7) is 1.20. The van der Waals surface area contributed by atoms with Crippen LogP contribution in [0.1, 0.15) is 16.8 Å². The molecule has 2 aromatic carbocycles. The predicted octanol–water partition coefficient (Wildman–Crippen LogP) is 2.01. The van der Waals surface area contributed by atoms with Gasteiger partial charge in [0.05, 0.1) is 23.8 Å². The van der Waals surface area contributed by atoms with Gasteiger partial charge in [-0.25, -0.2) is 0 Å². The number of ether oxygens (including phenoxy) is 3. The number of amides is 2. The second-order valence-electron chi connectivity index (χ2n) is 6.20. The average molecular weight is 385 g/mol. The van der Waals surface area contributed by atoms with Gasteiger partial charge in [0.25, 0.3) is 5.91 Å². The Bertz CT molecular complexity index is 851. The second kappa shape index (κ2) is 9.20. The van der Waals surface area contributed by atoms with E-state index in [-0.39, 0.29) is 30.9 Å². The topological polar surface area (TPSA) is 112 Å². The SMILES string of the molecule is COC(CN)CC(=O)Nc1ccccc1C(=O)Nc1ccc2c(c1)OCCO2. The minimum Gasteiger partial charge on any atom is -0.486 e. The van der Waals surface area contributed by atoms with Crippen LogP contribution in [0, 0.1) is 0 Å². The van der Waals surface area contributed by atoms with E-state index in [1.165, 1.54) is 7.11 Å². The molecule has 4 N–H and O–H groups in total. The van der Waals surface area contributed by atoms with Crippen molar-refractivity contribution in [2.75, 3.05) is 37.5 Å². The van der Waals surface area contributed by atoms with Crippen molar-refractivity contribution in [3.8, 4) is 11.5 Å². The molecular weight excluding hydrogens is 362 g/mol. The number of hydrogen-bond donors (Lipinski definition) is 3. The summed E-state index contributed by atoms with van der Waals surface area (Å²) in [4.78, 5) is 25.0. The smallest absolute Gasteiger partial charge is 0.257 e. The zero-order chi connectivity index (χ0) is 19.9. The van der Waals surface area contributed by atoms with E-state index in [0.717, 1.165) is 0 Å². The largest absolute Gasteiger partial charge is 0.486 e. The van der Waals surface area contributed by atoms with E-state index in [2.05, 4.69) is 10.6 Å². The van der Waals surface area contributed by atoms with E-state index >= 15 is 0 Å². The van der Waals surface area contributed by atoms with Gasteiger partial charge in [-0.3, -0.25) is 9.59 Å². The summed E-state index contributed by atoms with van der Waals surface area (Å²) in [6.07, 6.45) is -0.274. The standard InChI is InChI=1S/C20H23N3O5/c1-26-14(12-21)11-19(24)23-16-5-3-2-4-15(16)20(25)22-13-6-7-17-18(10-13)28-9-8-27-17/h2-7,10,14H,8-9,11-12,21H2,1H3,(H,22,25)(H,23,24). The summed E-state index contributed by atoms with van der Waals surface area (Å²) in [7, 11) is 1.50. The summed E-state index contributed by atoms with van der Waals surface area (Å²) in [6, 6.07) is 12.0. The van der Waals surface area contributed by atoms with E-state index in [9.17, 15) is 9.59 Å². The molecule has 0 bridgehead atoms. The van der Waals surface area contributed by atoms with Gasteiger partial charge in [-0.05, 0) is 24.3 Å². The van der Waals surface area contributed by atoms with Crippen molar-refractivity contribution < 1.29 is 23.8 Å². The Kier molecular flexibility index (Phi) is 6.46. The van der Waals surface area contributed by atoms with Crippen molar-refractivity contribution in [2.24, 2.45) is 5.73 Å². The molecule has 2 amide bonds. The van der Waals surface area contributed by atoms with Gasteiger partial charge in [-0.2, -0.15) is 0 Å². The minimum absolute atomic E-state index is 0.102. The molecule has 0 radical (unpaired) electrons. The van der Waals surface area contributed by atoms with Crippen molar-refractivity contribution in [3.05, 3.63) is 48.0 Å². The Morgan fingerprint density at radius 2 is 1.86 bits per heavy atom. The molecule has 1 atom stereocenters. The fraction of sp³-hybridized carbons (Fsp3) is 0.300. The molecule has 2 aromatic rings. The number of rotatable bonds is 7. The first-order valence-electron chi connectivity index (χ1n) is 8.93. The summed E-state index contributed by atoms with van der Waals surface area (Å²) in [5.41, 5.74) is 6.87. The van der Waals surface area contributed by atoms with E-state index in [1.54, 1.807) is 42.5 Å². The normalized spacial score (nSPS) is 13.5. The Morgan fingerprint density at radius 3 is 2.61 bits per heavy atom. The predicted molar refractivity (Wildman–Crippen MR) is 105 cm³/mol. The third-order valence-electron chi connectivity index (χ3n) is 4.26. The molecule has 0 aromatic heterocycles. The zero-order valence-corrected chi connectivity index (χ0v) is 15.6. The monoisotopic (exact) mass is 385 g/mol. The van der Waals surface area contributed by atoms with Crippen LogP contribution in [0.5, 0.6) is 11.5 Å². The van der Waals surface area contributed by atoms with Crippen LogP contribution in [0.15, 0.2) is 42.5 Å². The fourth-order valence-electron chi connectivity index (χ4n) is 2.78. The van der Waals surface area contributed by atoms with Crippen molar-refractivity contribution in [1.82, 2.24) is 0 Å². The van der Waals surface area contributed by atoms with Crippen molar-refractivity contribution in [1.29, 1.82) is 0 Å². The lowest BCUT2D eigenvalue weighted by Crippen LogP contribution is -2.28. The van der Waals surface area contributed by atoms with E-state index in [4.69, 9.17) is 19.9 Å². The van der Waals surface area contributed by atoms with Crippen LogP contribution < -0.4 is 25.8 Å². The number of carbonyl (C=O) groups excluding carboxylic acids is 2. The van der Waals surface area contributed by atoms with Gasteiger partial charge >= 0.3 is 0 Å². The van der Waals surface area contributed by atoms with Gasteiger partial charge in [0.2, 0.25) is 5.91 Å². The van der Waals surface area contributed by atoms with Gasteiger partial charge in [0.1, 0.15) is 13.2 Å². The maximum absolute atomic E-state index is 12.7. The number of hydrogen-bond acceptors (Lipinski definition) is 6. The lowest BCUT2D eigenvalue weighted by Gasteiger charge is -2.19. The van der Waals surface area contributed by atoms with E-state index in [0.29, 0.717) is 41.7 Å². The molecule has 28 heavy (non-hydrogen) atoms.